The van der Waals surface area contributed by atoms with Crippen LogP contribution in [0, 0.1) is 0 Å². The number of carbonyl (C=O) groups excluding carboxylic acids is 1. The molecule has 2 rings (SSSR count). The van der Waals surface area contributed by atoms with Crippen molar-refractivity contribution in [1.82, 2.24) is 0 Å². The lowest BCUT2D eigenvalue weighted by Gasteiger charge is -2.06. The van der Waals surface area contributed by atoms with Gasteiger partial charge in [0.1, 0.15) is 5.75 Å². The summed E-state index contributed by atoms with van der Waals surface area (Å²) in [6.07, 6.45) is 2.30. The van der Waals surface area contributed by atoms with E-state index in [4.69, 9.17) is 16.3 Å². The summed E-state index contributed by atoms with van der Waals surface area (Å²) < 4.78 is 5.60. The van der Waals surface area contributed by atoms with Crippen molar-refractivity contribution >= 4 is 23.4 Å². The van der Waals surface area contributed by atoms with E-state index in [1.165, 1.54) is 6.08 Å². The van der Waals surface area contributed by atoms with Crippen LogP contribution in [0.2, 0.25) is 5.02 Å². The third-order valence-electron chi connectivity index (χ3n) is 2.57. The van der Waals surface area contributed by atoms with Crippen molar-refractivity contribution in [2.45, 2.75) is 6.42 Å². The van der Waals surface area contributed by atoms with Gasteiger partial charge in [0.25, 0.3) is 0 Å². The zero-order chi connectivity index (χ0) is 13.5. The fourth-order valence-electron chi connectivity index (χ4n) is 1.63. The van der Waals surface area contributed by atoms with Gasteiger partial charge in [-0.3, -0.25) is 0 Å². The summed E-state index contributed by atoms with van der Waals surface area (Å²) in [5, 5.41) is 0.726. The van der Waals surface area contributed by atoms with Gasteiger partial charge >= 0.3 is 0 Å². The van der Waals surface area contributed by atoms with Gasteiger partial charge < -0.3 is 4.74 Å². The number of hydrogen-bond acceptors (Lipinski definition) is 3. The van der Waals surface area contributed by atoms with Crippen LogP contribution in [-0.2, 0) is 11.2 Å². The van der Waals surface area contributed by atoms with E-state index in [9.17, 15) is 4.79 Å². The summed E-state index contributed by atoms with van der Waals surface area (Å²) in [6, 6.07) is 14.7. The lowest BCUT2D eigenvalue weighted by Crippen LogP contribution is -2.00. The first-order chi connectivity index (χ1) is 9.28. The molecule has 96 valence electrons. The highest BCUT2D eigenvalue weighted by Crippen LogP contribution is 2.19. The summed E-state index contributed by atoms with van der Waals surface area (Å²) in [7, 11) is 0. The molecule has 0 spiro atoms. The van der Waals surface area contributed by atoms with Crippen LogP contribution in [0.1, 0.15) is 5.56 Å². The molecule has 19 heavy (non-hydrogen) atoms. The molecule has 2 aromatic carbocycles. The molecule has 0 aliphatic carbocycles. The second kappa shape index (κ2) is 6.74. The SMILES string of the molecule is O=C=Nc1cccc(OCCc2ccc(Cl)cc2)c1. The van der Waals surface area contributed by atoms with Gasteiger partial charge in [-0.25, -0.2) is 4.79 Å². The van der Waals surface area contributed by atoms with Crippen LogP contribution in [0.25, 0.3) is 0 Å². The van der Waals surface area contributed by atoms with Gasteiger partial charge in [0.2, 0.25) is 6.08 Å². The number of halogens is 1. The Morgan fingerprint density at radius 2 is 1.95 bits per heavy atom. The average Bonchev–Trinajstić information content (AvgIpc) is 2.42. The zero-order valence-corrected chi connectivity index (χ0v) is 10.9. The zero-order valence-electron chi connectivity index (χ0n) is 10.2. The monoisotopic (exact) mass is 273 g/mol. The van der Waals surface area contributed by atoms with Crippen LogP contribution >= 0.6 is 11.6 Å². The summed E-state index contributed by atoms with van der Waals surface area (Å²) in [4.78, 5) is 13.7. The maximum Gasteiger partial charge on any atom is 0.240 e. The first kappa shape index (κ1) is 13.3. The van der Waals surface area contributed by atoms with Crippen molar-refractivity contribution in [2.75, 3.05) is 6.61 Å². The fourth-order valence-corrected chi connectivity index (χ4v) is 1.76. The van der Waals surface area contributed by atoms with E-state index in [1.54, 1.807) is 18.2 Å². The first-order valence-corrected chi connectivity index (χ1v) is 6.21. The summed E-state index contributed by atoms with van der Waals surface area (Å²) >= 11 is 5.82. The highest BCUT2D eigenvalue weighted by Gasteiger charge is 1.97. The summed E-state index contributed by atoms with van der Waals surface area (Å²) in [6.45, 7) is 0.551. The highest BCUT2D eigenvalue weighted by molar-refractivity contribution is 6.30. The molecule has 0 fully saturated rings. The molecule has 0 unspecified atom stereocenters. The van der Waals surface area contributed by atoms with Crippen LogP contribution in [0.5, 0.6) is 5.75 Å². The number of aliphatic imine (C=N–C) groups is 1. The quantitative estimate of drug-likeness (QED) is 0.611. The lowest BCUT2D eigenvalue weighted by atomic mass is 10.2. The third-order valence-corrected chi connectivity index (χ3v) is 2.82. The molecule has 2 aromatic rings. The normalized spacial score (nSPS) is 9.74. The third kappa shape index (κ3) is 4.25. The Labute approximate surface area is 116 Å². The van der Waals surface area contributed by atoms with E-state index in [1.807, 2.05) is 30.3 Å². The van der Waals surface area contributed by atoms with Crippen molar-refractivity contribution in [2.24, 2.45) is 4.99 Å². The Morgan fingerprint density at radius 1 is 1.16 bits per heavy atom. The fraction of sp³-hybridized carbons (Fsp3) is 0.133. The van der Waals surface area contributed by atoms with E-state index < -0.39 is 0 Å². The Kier molecular flexibility index (Phi) is 4.73. The molecule has 4 heteroatoms. The number of nitrogens with zero attached hydrogens (tertiary/aromatic N) is 1. The second-order valence-corrected chi connectivity index (χ2v) is 4.36. The van der Waals surface area contributed by atoms with Gasteiger partial charge in [-0.2, -0.15) is 4.99 Å². The summed E-state index contributed by atoms with van der Waals surface area (Å²) in [5.74, 6) is 0.686. The minimum absolute atomic E-state index is 0.541. The Bertz CT molecular complexity index is 589. The van der Waals surface area contributed by atoms with E-state index in [2.05, 4.69) is 4.99 Å². The van der Waals surface area contributed by atoms with Crippen LogP contribution in [0.4, 0.5) is 5.69 Å². The molecule has 0 aliphatic rings. The van der Waals surface area contributed by atoms with Gasteiger partial charge in [0, 0.05) is 17.5 Å². The largest absolute Gasteiger partial charge is 0.493 e. The molecule has 0 aliphatic heterocycles. The number of hydrogen-bond donors (Lipinski definition) is 0. The molecule has 0 N–H and O–H groups in total. The topological polar surface area (TPSA) is 38.7 Å². The smallest absolute Gasteiger partial charge is 0.240 e. The van der Waals surface area contributed by atoms with Gasteiger partial charge in [-0.15, -0.1) is 0 Å². The standard InChI is InChI=1S/C15H12ClNO2/c16-13-6-4-12(5-7-13)8-9-19-15-3-1-2-14(10-15)17-11-18/h1-7,10H,8-9H2. The number of isocyanates is 1. The van der Waals surface area contributed by atoms with Crippen LogP contribution in [-0.4, -0.2) is 12.7 Å². The molecule has 0 radical (unpaired) electrons. The van der Waals surface area contributed by atoms with Crippen LogP contribution < -0.4 is 4.74 Å². The Balaban J connectivity index is 1.90. The van der Waals surface area contributed by atoms with Crippen molar-refractivity contribution < 1.29 is 9.53 Å². The van der Waals surface area contributed by atoms with Gasteiger partial charge in [-0.05, 0) is 29.8 Å². The van der Waals surface area contributed by atoms with Crippen LogP contribution in [0.15, 0.2) is 53.5 Å². The van der Waals surface area contributed by atoms with Crippen molar-refractivity contribution in [3.8, 4) is 5.75 Å². The Hall–Kier alpha value is -2.09. The van der Waals surface area contributed by atoms with E-state index in [0.717, 1.165) is 17.0 Å². The molecule has 0 atom stereocenters. The van der Waals surface area contributed by atoms with E-state index in [-0.39, 0.29) is 0 Å². The predicted molar refractivity (Wildman–Crippen MR) is 74.9 cm³/mol. The van der Waals surface area contributed by atoms with Gasteiger partial charge in [-0.1, -0.05) is 29.8 Å². The minimum Gasteiger partial charge on any atom is -0.493 e. The van der Waals surface area contributed by atoms with E-state index >= 15 is 0 Å². The number of ether oxygens (including phenoxy) is 1. The average molecular weight is 274 g/mol. The molecule has 0 saturated heterocycles. The second-order valence-electron chi connectivity index (χ2n) is 3.93. The number of benzene rings is 2. The van der Waals surface area contributed by atoms with E-state index in [0.29, 0.717) is 18.0 Å². The Morgan fingerprint density at radius 3 is 2.68 bits per heavy atom. The molecule has 0 bridgehead atoms. The van der Waals surface area contributed by atoms with Crippen molar-refractivity contribution in [1.29, 1.82) is 0 Å². The maximum atomic E-state index is 10.2. The molecular weight excluding hydrogens is 262 g/mol. The maximum absolute atomic E-state index is 10.2. The minimum atomic E-state index is 0.541. The van der Waals surface area contributed by atoms with Crippen LogP contribution in [0.3, 0.4) is 0 Å². The summed E-state index contributed by atoms with van der Waals surface area (Å²) in [5.41, 5.74) is 1.70. The first-order valence-electron chi connectivity index (χ1n) is 5.83. The highest BCUT2D eigenvalue weighted by atomic mass is 35.5. The molecule has 0 aromatic heterocycles. The van der Waals surface area contributed by atoms with Crippen molar-refractivity contribution in [3.05, 3.63) is 59.1 Å². The molecular formula is C15H12ClNO2. The molecule has 0 amide bonds. The molecule has 3 nitrogen and oxygen atoms in total. The number of rotatable bonds is 5. The predicted octanol–water partition coefficient (Wildman–Crippen LogP) is 3.93. The molecule has 0 heterocycles. The lowest BCUT2D eigenvalue weighted by molar-refractivity contribution is 0.322. The molecule has 0 saturated carbocycles. The van der Waals surface area contributed by atoms with Gasteiger partial charge in [0.05, 0.1) is 12.3 Å². The van der Waals surface area contributed by atoms with Gasteiger partial charge in [0.15, 0.2) is 0 Å². The van der Waals surface area contributed by atoms with Crippen molar-refractivity contribution in [3.63, 3.8) is 0 Å².